The van der Waals surface area contributed by atoms with Gasteiger partial charge in [-0.1, -0.05) is 30.3 Å². The Morgan fingerprint density at radius 2 is 1.88 bits per heavy atom. The van der Waals surface area contributed by atoms with Crippen LogP contribution in [0.2, 0.25) is 0 Å². The number of carbonyl (C=O) groups excluding carboxylic acids is 2. The van der Waals surface area contributed by atoms with E-state index in [1.54, 1.807) is 4.90 Å². The van der Waals surface area contributed by atoms with Crippen LogP contribution in [-0.4, -0.2) is 41.0 Å². The lowest BCUT2D eigenvalue weighted by Crippen LogP contribution is -2.49. The Balaban J connectivity index is 1.72. The van der Waals surface area contributed by atoms with Gasteiger partial charge in [0.25, 0.3) is 0 Å². The van der Waals surface area contributed by atoms with Crippen LogP contribution in [0.25, 0.3) is 0 Å². The van der Waals surface area contributed by atoms with Gasteiger partial charge >= 0.3 is 6.03 Å². The number of benzene rings is 1. The number of hydrogen-bond donors (Lipinski definition) is 2. The third-order valence-electron chi connectivity index (χ3n) is 4.55. The van der Waals surface area contributed by atoms with Crippen LogP contribution in [0.1, 0.15) is 29.0 Å². The van der Waals surface area contributed by atoms with Crippen molar-refractivity contribution in [2.75, 3.05) is 18.4 Å². The Morgan fingerprint density at radius 3 is 2.50 bits per heavy atom. The molecular formula is C19H24N4O2S. The van der Waals surface area contributed by atoms with Gasteiger partial charge in [-0.3, -0.25) is 4.79 Å². The van der Waals surface area contributed by atoms with Gasteiger partial charge in [0.2, 0.25) is 5.91 Å². The number of aromatic nitrogens is 1. The van der Waals surface area contributed by atoms with Crippen LogP contribution in [0.5, 0.6) is 0 Å². The van der Waals surface area contributed by atoms with Gasteiger partial charge < -0.3 is 15.5 Å². The fraction of sp³-hybridized carbons (Fsp3) is 0.421. The Morgan fingerprint density at radius 1 is 1.19 bits per heavy atom. The minimum Gasteiger partial charge on any atom is -0.326 e. The molecule has 3 rings (SSSR count). The van der Waals surface area contributed by atoms with Gasteiger partial charge in [0.15, 0.2) is 5.13 Å². The molecule has 1 saturated heterocycles. The molecule has 1 aromatic heterocycles. The highest BCUT2D eigenvalue weighted by molar-refractivity contribution is 7.15. The number of hydrogen-bond acceptors (Lipinski definition) is 4. The van der Waals surface area contributed by atoms with E-state index >= 15 is 0 Å². The number of nitrogens with one attached hydrogen (secondary N) is 2. The summed E-state index contributed by atoms with van der Waals surface area (Å²) in [6.07, 6.45) is 2.47. The lowest BCUT2D eigenvalue weighted by atomic mass is 10.1. The topological polar surface area (TPSA) is 74.3 Å². The summed E-state index contributed by atoms with van der Waals surface area (Å²) in [5.41, 5.74) is 1.91. The Labute approximate surface area is 157 Å². The molecule has 2 N–H and O–H groups in total. The summed E-state index contributed by atoms with van der Waals surface area (Å²) in [5, 5.41) is 6.32. The Kier molecular flexibility index (Phi) is 5.88. The summed E-state index contributed by atoms with van der Waals surface area (Å²) in [4.78, 5) is 32.5. The van der Waals surface area contributed by atoms with Crippen LogP contribution in [0, 0.1) is 13.8 Å². The lowest BCUT2D eigenvalue weighted by Gasteiger charge is -2.22. The number of carbonyl (C=O) groups is 2. The summed E-state index contributed by atoms with van der Waals surface area (Å²) in [5.74, 6) is -0.241. The minimum absolute atomic E-state index is 0.176. The number of anilines is 1. The Bertz CT molecular complexity index is 750. The van der Waals surface area contributed by atoms with Gasteiger partial charge in [-0.25, -0.2) is 9.78 Å². The highest BCUT2D eigenvalue weighted by Crippen LogP contribution is 2.21. The summed E-state index contributed by atoms with van der Waals surface area (Å²) in [6, 6.07) is 8.89. The predicted molar refractivity (Wildman–Crippen MR) is 103 cm³/mol. The van der Waals surface area contributed by atoms with E-state index in [1.807, 2.05) is 44.2 Å². The van der Waals surface area contributed by atoms with Gasteiger partial charge in [0.05, 0.1) is 5.69 Å². The molecule has 1 aliphatic rings. The maximum Gasteiger partial charge on any atom is 0.318 e. The van der Waals surface area contributed by atoms with Crippen LogP contribution < -0.4 is 10.6 Å². The van der Waals surface area contributed by atoms with Gasteiger partial charge in [0.1, 0.15) is 6.04 Å². The predicted octanol–water partition coefficient (Wildman–Crippen LogP) is 3.12. The van der Waals surface area contributed by atoms with Crippen molar-refractivity contribution in [2.45, 2.75) is 39.2 Å². The average molecular weight is 372 g/mol. The second kappa shape index (κ2) is 8.31. The van der Waals surface area contributed by atoms with E-state index in [-0.39, 0.29) is 11.9 Å². The van der Waals surface area contributed by atoms with E-state index in [9.17, 15) is 9.59 Å². The first-order valence-electron chi connectivity index (χ1n) is 8.87. The second-order valence-corrected chi connectivity index (χ2v) is 7.74. The molecule has 7 heteroatoms. The molecule has 0 bridgehead atoms. The number of rotatable bonds is 5. The molecule has 1 aliphatic heterocycles. The zero-order chi connectivity index (χ0) is 18.5. The van der Waals surface area contributed by atoms with E-state index in [0.29, 0.717) is 11.6 Å². The SMILES string of the molecule is Cc1nc(NC(=O)[C@H](Cc2ccccc2)NC(=O)N2CCCC2)sc1C. The van der Waals surface area contributed by atoms with Gasteiger partial charge in [0, 0.05) is 24.4 Å². The molecule has 6 nitrogen and oxygen atoms in total. The Hall–Kier alpha value is -2.41. The molecule has 0 unspecified atom stereocenters. The van der Waals surface area contributed by atoms with Gasteiger partial charge in [-0.05, 0) is 32.3 Å². The van der Waals surface area contributed by atoms with Crippen molar-refractivity contribution in [3.63, 3.8) is 0 Å². The number of amides is 3. The molecule has 3 amide bonds. The summed E-state index contributed by atoms with van der Waals surface area (Å²) < 4.78 is 0. The quantitative estimate of drug-likeness (QED) is 0.847. The molecule has 0 saturated carbocycles. The van der Waals surface area contributed by atoms with E-state index in [4.69, 9.17) is 0 Å². The number of urea groups is 1. The number of aryl methyl sites for hydroxylation is 2. The van der Waals surface area contributed by atoms with Crippen molar-refractivity contribution in [3.8, 4) is 0 Å². The fourth-order valence-corrected chi connectivity index (χ4v) is 3.76. The normalized spacial score (nSPS) is 14.9. The van der Waals surface area contributed by atoms with Crippen LogP contribution in [-0.2, 0) is 11.2 Å². The molecule has 138 valence electrons. The monoisotopic (exact) mass is 372 g/mol. The number of thiazole rings is 1. The van der Waals surface area contributed by atoms with Gasteiger partial charge in [-0.15, -0.1) is 11.3 Å². The standard InChI is InChI=1S/C19H24N4O2S/c1-13-14(2)26-18(20-13)22-17(24)16(12-15-8-4-3-5-9-15)21-19(25)23-10-6-7-11-23/h3-5,8-9,16H,6-7,10-12H2,1-2H3,(H,21,25)(H,20,22,24)/t16-/m0/s1. The van der Waals surface area contributed by atoms with Crippen molar-refractivity contribution < 1.29 is 9.59 Å². The summed E-state index contributed by atoms with van der Waals surface area (Å²) >= 11 is 1.44. The highest BCUT2D eigenvalue weighted by atomic mass is 32.1. The number of likely N-dealkylation sites (tertiary alicyclic amines) is 1. The first-order chi connectivity index (χ1) is 12.5. The fourth-order valence-electron chi connectivity index (χ4n) is 2.94. The first kappa shape index (κ1) is 18.4. The van der Waals surface area contributed by atoms with E-state index < -0.39 is 6.04 Å². The van der Waals surface area contributed by atoms with Crippen molar-refractivity contribution in [1.29, 1.82) is 0 Å². The molecule has 26 heavy (non-hydrogen) atoms. The van der Waals surface area contributed by atoms with Crippen LogP contribution in [0.4, 0.5) is 9.93 Å². The largest absolute Gasteiger partial charge is 0.326 e. The zero-order valence-corrected chi connectivity index (χ0v) is 15.9. The van der Waals surface area contributed by atoms with Crippen LogP contribution in [0.3, 0.4) is 0 Å². The minimum atomic E-state index is -0.644. The maximum absolute atomic E-state index is 12.8. The third kappa shape index (κ3) is 4.60. The molecule has 0 radical (unpaired) electrons. The van der Waals surface area contributed by atoms with Crippen LogP contribution in [0.15, 0.2) is 30.3 Å². The molecule has 0 spiro atoms. The second-order valence-electron chi connectivity index (χ2n) is 6.54. The summed E-state index contributed by atoms with van der Waals surface area (Å²) in [6.45, 7) is 5.38. The molecule has 0 aliphatic carbocycles. The zero-order valence-electron chi connectivity index (χ0n) is 15.1. The van der Waals surface area contributed by atoms with Crippen molar-refractivity contribution in [3.05, 3.63) is 46.5 Å². The van der Waals surface area contributed by atoms with E-state index in [2.05, 4.69) is 15.6 Å². The van der Waals surface area contributed by atoms with Crippen molar-refractivity contribution in [1.82, 2.24) is 15.2 Å². The third-order valence-corrected chi connectivity index (χ3v) is 5.54. The molecule has 2 heterocycles. The maximum atomic E-state index is 12.8. The highest BCUT2D eigenvalue weighted by Gasteiger charge is 2.26. The smallest absolute Gasteiger partial charge is 0.318 e. The molecular weight excluding hydrogens is 348 g/mol. The number of nitrogens with zero attached hydrogens (tertiary/aromatic N) is 2. The molecule has 1 fully saturated rings. The molecule has 1 atom stereocenters. The van der Waals surface area contributed by atoms with E-state index in [0.717, 1.165) is 42.1 Å². The first-order valence-corrected chi connectivity index (χ1v) is 9.69. The van der Waals surface area contributed by atoms with Crippen LogP contribution >= 0.6 is 11.3 Å². The van der Waals surface area contributed by atoms with E-state index in [1.165, 1.54) is 11.3 Å². The molecule has 2 aromatic rings. The van der Waals surface area contributed by atoms with Crippen molar-refractivity contribution in [2.24, 2.45) is 0 Å². The van der Waals surface area contributed by atoms with Crippen molar-refractivity contribution >= 4 is 28.4 Å². The molecule has 1 aromatic carbocycles. The summed E-state index contributed by atoms with van der Waals surface area (Å²) in [7, 11) is 0. The van der Waals surface area contributed by atoms with Gasteiger partial charge in [-0.2, -0.15) is 0 Å². The lowest BCUT2D eigenvalue weighted by molar-refractivity contribution is -0.118. The average Bonchev–Trinajstić information content (AvgIpc) is 3.26.